The van der Waals surface area contributed by atoms with Gasteiger partial charge < -0.3 is 10.2 Å². The van der Waals surface area contributed by atoms with Gasteiger partial charge in [-0.15, -0.1) is 0 Å². The molecule has 0 saturated heterocycles. The number of likely N-dealkylation sites (N-methyl/N-ethyl adjacent to an activating group) is 1. The summed E-state index contributed by atoms with van der Waals surface area (Å²) in [5.74, 6) is -0.198. The van der Waals surface area contributed by atoms with Gasteiger partial charge >= 0.3 is 0 Å². The fourth-order valence-corrected chi connectivity index (χ4v) is 3.86. The highest BCUT2D eigenvalue weighted by Gasteiger charge is 2.16. The van der Waals surface area contributed by atoms with Crippen molar-refractivity contribution in [3.05, 3.63) is 64.6 Å². The maximum absolute atomic E-state index is 12.2. The quantitative estimate of drug-likeness (QED) is 0.611. The molecule has 0 spiro atoms. The van der Waals surface area contributed by atoms with Gasteiger partial charge in [0.2, 0.25) is 15.9 Å². The van der Waals surface area contributed by atoms with Crippen LogP contribution in [0.3, 0.4) is 0 Å². The van der Waals surface area contributed by atoms with Crippen molar-refractivity contribution in [2.75, 3.05) is 27.2 Å². The Balaban J connectivity index is 1.82. The smallest absolute Gasteiger partial charge is 0.240 e. The maximum Gasteiger partial charge on any atom is 0.240 e. The van der Waals surface area contributed by atoms with Crippen LogP contribution in [0.5, 0.6) is 0 Å². The first kappa shape index (κ1) is 21.6. The zero-order valence-corrected chi connectivity index (χ0v) is 17.8. The normalized spacial score (nSPS) is 12.7. The second kappa shape index (κ2) is 9.98. The second-order valence-electron chi connectivity index (χ2n) is 6.30. The number of benzene rings is 2. The third-order valence-corrected chi connectivity index (χ3v) is 6.07. The standard InChI is InChI=1S/C19H24BrN3O3S/c1-23(2)18(15-6-4-3-5-7-15)14-21-19(24)12-13-22-27(25,26)17-10-8-16(20)9-11-17/h3-11,18,22H,12-14H2,1-2H3,(H,21,24). The number of halogens is 1. The Labute approximate surface area is 169 Å². The number of sulfonamides is 1. The van der Waals surface area contributed by atoms with Crippen molar-refractivity contribution in [3.63, 3.8) is 0 Å². The number of carbonyl (C=O) groups excluding carboxylic acids is 1. The van der Waals surface area contributed by atoms with E-state index in [0.717, 1.165) is 10.0 Å². The van der Waals surface area contributed by atoms with Crippen LogP contribution in [0.2, 0.25) is 0 Å². The molecule has 1 amide bonds. The summed E-state index contributed by atoms with van der Waals surface area (Å²) in [6.45, 7) is 0.498. The molecule has 0 bridgehead atoms. The molecular formula is C19H24BrN3O3S. The number of rotatable bonds is 9. The predicted octanol–water partition coefficient (Wildman–Crippen LogP) is 2.54. The second-order valence-corrected chi connectivity index (χ2v) is 8.98. The Morgan fingerprint density at radius 3 is 2.30 bits per heavy atom. The predicted molar refractivity (Wildman–Crippen MR) is 110 cm³/mol. The summed E-state index contributed by atoms with van der Waals surface area (Å²) in [7, 11) is 0.290. The van der Waals surface area contributed by atoms with Crippen molar-refractivity contribution in [2.45, 2.75) is 17.4 Å². The first-order chi connectivity index (χ1) is 12.8. The number of hydrogen-bond acceptors (Lipinski definition) is 4. The van der Waals surface area contributed by atoms with Gasteiger partial charge in [0, 0.05) is 24.0 Å². The molecule has 0 fully saturated rings. The minimum atomic E-state index is -3.62. The van der Waals surface area contributed by atoms with Gasteiger partial charge in [-0.1, -0.05) is 46.3 Å². The van der Waals surface area contributed by atoms with Crippen LogP contribution < -0.4 is 10.0 Å². The van der Waals surface area contributed by atoms with E-state index in [9.17, 15) is 13.2 Å². The summed E-state index contributed by atoms with van der Waals surface area (Å²) >= 11 is 3.27. The average Bonchev–Trinajstić information content (AvgIpc) is 2.62. The van der Waals surface area contributed by atoms with E-state index in [4.69, 9.17) is 0 Å². The summed E-state index contributed by atoms with van der Waals surface area (Å²) in [4.78, 5) is 14.3. The van der Waals surface area contributed by atoms with Gasteiger partial charge in [0.15, 0.2) is 0 Å². The molecule has 0 radical (unpaired) electrons. The SMILES string of the molecule is CN(C)C(CNC(=O)CCNS(=O)(=O)c1ccc(Br)cc1)c1ccccc1. The Kier molecular flexibility index (Phi) is 7.97. The zero-order valence-electron chi connectivity index (χ0n) is 15.4. The number of amides is 1. The van der Waals surface area contributed by atoms with Gasteiger partial charge in [0.1, 0.15) is 0 Å². The molecule has 2 aromatic carbocycles. The molecule has 2 N–H and O–H groups in total. The summed E-state index contributed by atoms with van der Waals surface area (Å²) in [6.07, 6.45) is 0.0741. The number of hydrogen-bond donors (Lipinski definition) is 2. The molecule has 0 aliphatic carbocycles. The zero-order chi connectivity index (χ0) is 19.9. The first-order valence-electron chi connectivity index (χ1n) is 8.53. The molecule has 2 aromatic rings. The van der Waals surface area contributed by atoms with E-state index >= 15 is 0 Å². The molecule has 1 unspecified atom stereocenters. The largest absolute Gasteiger partial charge is 0.354 e. The number of carbonyl (C=O) groups is 1. The highest BCUT2D eigenvalue weighted by atomic mass is 79.9. The Bertz CT molecular complexity index is 840. The van der Waals surface area contributed by atoms with Gasteiger partial charge in [-0.25, -0.2) is 13.1 Å². The van der Waals surface area contributed by atoms with E-state index in [2.05, 4.69) is 26.0 Å². The van der Waals surface area contributed by atoms with Crippen molar-refractivity contribution in [1.29, 1.82) is 0 Å². The highest BCUT2D eigenvalue weighted by molar-refractivity contribution is 9.10. The van der Waals surface area contributed by atoms with Crippen molar-refractivity contribution in [3.8, 4) is 0 Å². The molecule has 0 saturated carbocycles. The summed E-state index contributed by atoms with van der Waals surface area (Å²) in [6, 6.07) is 16.3. The monoisotopic (exact) mass is 453 g/mol. The first-order valence-corrected chi connectivity index (χ1v) is 10.8. The number of nitrogens with zero attached hydrogens (tertiary/aromatic N) is 1. The summed E-state index contributed by atoms with van der Waals surface area (Å²) in [5.41, 5.74) is 1.11. The van der Waals surface area contributed by atoms with Gasteiger partial charge in [-0.3, -0.25) is 4.79 Å². The van der Waals surface area contributed by atoms with Crippen LogP contribution in [0, 0.1) is 0 Å². The molecule has 0 aliphatic rings. The van der Waals surface area contributed by atoms with E-state index in [1.54, 1.807) is 12.1 Å². The maximum atomic E-state index is 12.2. The van der Waals surface area contributed by atoms with E-state index in [0.29, 0.717) is 6.54 Å². The lowest BCUT2D eigenvalue weighted by molar-refractivity contribution is -0.121. The fourth-order valence-electron chi connectivity index (χ4n) is 2.57. The lowest BCUT2D eigenvalue weighted by Gasteiger charge is -2.25. The minimum Gasteiger partial charge on any atom is -0.354 e. The fraction of sp³-hybridized carbons (Fsp3) is 0.316. The van der Waals surface area contributed by atoms with Gasteiger partial charge in [0.25, 0.3) is 0 Å². The van der Waals surface area contributed by atoms with Crippen LogP contribution in [0.1, 0.15) is 18.0 Å². The highest BCUT2D eigenvalue weighted by Crippen LogP contribution is 2.17. The van der Waals surface area contributed by atoms with Crippen molar-refractivity contribution in [2.24, 2.45) is 0 Å². The van der Waals surface area contributed by atoms with E-state index in [1.807, 2.05) is 49.3 Å². The van der Waals surface area contributed by atoms with Crippen LogP contribution in [-0.2, 0) is 14.8 Å². The Morgan fingerprint density at radius 2 is 1.70 bits per heavy atom. The Morgan fingerprint density at radius 1 is 1.07 bits per heavy atom. The average molecular weight is 454 g/mol. The molecule has 27 heavy (non-hydrogen) atoms. The molecule has 1 atom stereocenters. The summed E-state index contributed by atoms with van der Waals surface area (Å²) in [5, 5.41) is 2.87. The van der Waals surface area contributed by atoms with E-state index in [-0.39, 0.29) is 29.8 Å². The lowest BCUT2D eigenvalue weighted by atomic mass is 10.1. The van der Waals surface area contributed by atoms with Crippen molar-refractivity contribution in [1.82, 2.24) is 14.9 Å². The number of nitrogens with one attached hydrogen (secondary N) is 2. The molecule has 6 nitrogen and oxygen atoms in total. The lowest BCUT2D eigenvalue weighted by Crippen LogP contribution is -2.36. The van der Waals surface area contributed by atoms with E-state index in [1.165, 1.54) is 12.1 Å². The van der Waals surface area contributed by atoms with Gasteiger partial charge in [-0.2, -0.15) is 0 Å². The molecule has 0 aliphatic heterocycles. The van der Waals surface area contributed by atoms with E-state index < -0.39 is 10.0 Å². The van der Waals surface area contributed by atoms with Crippen molar-refractivity contribution >= 4 is 31.9 Å². The molecule has 2 rings (SSSR count). The van der Waals surface area contributed by atoms with Crippen LogP contribution >= 0.6 is 15.9 Å². The van der Waals surface area contributed by atoms with Gasteiger partial charge in [0.05, 0.1) is 10.9 Å². The van der Waals surface area contributed by atoms with Crippen LogP contribution in [0.4, 0.5) is 0 Å². The molecule has 0 heterocycles. The molecule has 0 aromatic heterocycles. The molecule has 146 valence electrons. The molecule has 8 heteroatoms. The molecular weight excluding hydrogens is 430 g/mol. The van der Waals surface area contributed by atoms with Crippen LogP contribution in [0.25, 0.3) is 0 Å². The summed E-state index contributed by atoms with van der Waals surface area (Å²) < 4.78 is 27.7. The van der Waals surface area contributed by atoms with Crippen molar-refractivity contribution < 1.29 is 13.2 Å². The third kappa shape index (κ3) is 6.73. The Hall–Kier alpha value is -1.74. The topological polar surface area (TPSA) is 78.5 Å². The minimum absolute atomic E-state index is 0.0438. The van der Waals surface area contributed by atoms with Crippen LogP contribution in [0.15, 0.2) is 64.0 Å². The van der Waals surface area contributed by atoms with Crippen LogP contribution in [-0.4, -0.2) is 46.4 Å². The third-order valence-electron chi connectivity index (χ3n) is 4.07. The van der Waals surface area contributed by atoms with Gasteiger partial charge in [-0.05, 0) is 43.9 Å².